The minimum absolute atomic E-state index is 0.0291. The maximum absolute atomic E-state index is 13.3. The summed E-state index contributed by atoms with van der Waals surface area (Å²) >= 11 is 0. The van der Waals surface area contributed by atoms with Gasteiger partial charge in [-0.15, -0.1) is 0 Å². The number of nitrogens with two attached hydrogens (primary N) is 1. The monoisotopic (exact) mass is 492 g/mol. The molecule has 0 amide bonds. The van der Waals surface area contributed by atoms with Crippen LogP contribution in [0.3, 0.4) is 0 Å². The molecular weight excluding hydrogens is 475 g/mol. The van der Waals surface area contributed by atoms with Crippen molar-refractivity contribution in [3.63, 3.8) is 0 Å². The van der Waals surface area contributed by atoms with Crippen LogP contribution in [0.2, 0.25) is 0 Å². The molecule has 5 rings (SSSR count). The van der Waals surface area contributed by atoms with Crippen molar-refractivity contribution in [1.82, 2.24) is 34.4 Å². The Hall–Kier alpha value is -3.57. The largest absolute Gasteiger partial charge is 0.387 e. The van der Waals surface area contributed by atoms with Gasteiger partial charge in [0.15, 0.2) is 17.7 Å². The van der Waals surface area contributed by atoms with Gasteiger partial charge in [0.2, 0.25) is 10.5 Å². The van der Waals surface area contributed by atoms with Crippen LogP contribution in [0, 0.1) is 5.82 Å². The first-order valence-electron chi connectivity index (χ1n) is 9.79. The zero-order valence-electron chi connectivity index (χ0n) is 17.0. The zero-order valence-corrected chi connectivity index (χ0v) is 17.8. The van der Waals surface area contributed by atoms with Crippen molar-refractivity contribution in [2.24, 2.45) is 0 Å². The number of ether oxygens (including phenoxy) is 1. The second-order valence-electron chi connectivity index (χ2n) is 7.53. The maximum Gasteiger partial charge on any atom is 0.263 e. The van der Waals surface area contributed by atoms with Crippen LogP contribution >= 0.6 is 0 Å². The molecule has 0 unspecified atom stereocenters. The topological polar surface area (TPSA) is 211 Å². The second kappa shape index (κ2) is 8.03. The van der Waals surface area contributed by atoms with Gasteiger partial charge >= 0.3 is 0 Å². The number of aliphatic hydroxyl groups is 2. The first-order chi connectivity index (χ1) is 16.2. The molecule has 14 nitrogen and oxygen atoms in total. The molecule has 6 N–H and O–H groups in total. The summed E-state index contributed by atoms with van der Waals surface area (Å²) in [6, 6.07) is 3.17. The van der Waals surface area contributed by atoms with Gasteiger partial charge in [0.25, 0.3) is 10.0 Å². The normalized spacial score (nSPS) is 23.1. The number of aromatic nitrogens is 6. The molecule has 1 aromatic carbocycles. The molecule has 16 heteroatoms. The highest BCUT2D eigenvalue weighted by Crippen LogP contribution is 2.31. The molecule has 0 bridgehead atoms. The number of benzene rings is 1. The summed E-state index contributed by atoms with van der Waals surface area (Å²) in [4.78, 5) is 24.5. The number of hydrogen-bond acceptors (Lipinski definition) is 11. The summed E-state index contributed by atoms with van der Waals surface area (Å²) in [6.07, 6.45) is -2.80. The van der Waals surface area contributed by atoms with Crippen molar-refractivity contribution in [2.75, 3.05) is 12.3 Å². The van der Waals surface area contributed by atoms with Crippen LogP contribution in [0.15, 0.2) is 40.7 Å². The molecule has 1 aliphatic heterocycles. The van der Waals surface area contributed by atoms with E-state index in [-0.39, 0.29) is 27.9 Å². The predicted octanol–water partition coefficient (Wildman–Crippen LogP) is -1.62. The number of anilines is 1. The lowest BCUT2D eigenvalue weighted by molar-refractivity contribution is -0.0330. The smallest absolute Gasteiger partial charge is 0.263 e. The number of halogens is 1. The molecule has 3 aromatic heterocycles. The predicted molar refractivity (Wildman–Crippen MR) is 113 cm³/mol. The Morgan fingerprint density at radius 1 is 1.24 bits per heavy atom. The number of nitrogen functional groups attached to an aromatic ring is 1. The molecule has 0 radical (unpaired) electrons. The fraction of sp³-hybridized carbons (Fsp3) is 0.278. The first kappa shape index (κ1) is 22.2. The minimum Gasteiger partial charge on any atom is -0.387 e. The number of sulfonamides is 1. The molecule has 34 heavy (non-hydrogen) atoms. The van der Waals surface area contributed by atoms with Gasteiger partial charge in [0.05, 0.1) is 17.2 Å². The van der Waals surface area contributed by atoms with E-state index >= 15 is 0 Å². The van der Waals surface area contributed by atoms with E-state index in [1.165, 1.54) is 17.2 Å². The van der Waals surface area contributed by atoms with Crippen LogP contribution in [0.25, 0.3) is 22.1 Å². The van der Waals surface area contributed by atoms with Crippen molar-refractivity contribution in [3.05, 3.63) is 46.9 Å². The molecule has 4 aromatic rings. The van der Waals surface area contributed by atoms with Crippen molar-refractivity contribution in [1.29, 1.82) is 0 Å². The fourth-order valence-corrected chi connectivity index (χ4v) is 4.75. The summed E-state index contributed by atoms with van der Waals surface area (Å²) in [6.45, 7) is -0.497. The Bertz CT molecular complexity index is 1570. The SMILES string of the molecule is Nc1ncnc2c1ncn2[C@@H]1O[C@H](CNS(=O)(=O)c2n[nH]c3cc(F)ccc3c2=O)[C@@H](O)[C@H]1O. The van der Waals surface area contributed by atoms with Gasteiger partial charge in [-0.1, -0.05) is 0 Å². The van der Waals surface area contributed by atoms with Crippen molar-refractivity contribution in [2.45, 2.75) is 29.6 Å². The Morgan fingerprint density at radius 3 is 2.82 bits per heavy atom. The molecule has 0 spiro atoms. The lowest BCUT2D eigenvalue weighted by atomic mass is 10.1. The Morgan fingerprint density at radius 2 is 2.03 bits per heavy atom. The summed E-state index contributed by atoms with van der Waals surface area (Å²) in [7, 11) is -4.46. The molecule has 0 aliphatic carbocycles. The number of H-pyrrole nitrogens is 1. The minimum atomic E-state index is -4.46. The number of hydrogen-bond donors (Lipinski definition) is 5. The van der Waals surface area contributed by atoms with E-state index in [1.54, 1.807) is 0 Å². The lowest BCUT2D eigenvalue weighted by Gasteiger charge is -2.16. The molecular formula is C18H17FN8O6S. The van der Waals surface area contributed by atoms with E-state index in [2.05, 4.69) is 29.9 Å². The first-order valence-corrected chi connectivity index (χ1v) is 11.3. The van der Waals surface area contributed by atoms with Gasteiger partial charge < -0.3 is 20.7 Å². The number of nitrogens with zero attached hydrogens (tertiary/aromatic N) is 5. The van der Waals surface area contributed by atoms with Crippen molar-refractivity contribution < 1.29 is 27.8 Å². The molecule has 0 saturated carbocycles. The summed E-state index contributed by atoms with van der Waals surface area (Å²) in [5.74, 6) is -0.518. The molecule has 1 fully saturated rings. The summed E-state index contributed by atoms with van der Waals surface area (Å²) < 4.78 is 47.9. The number of fused-ring (bicyclic) bond motifs is 2. The molecule has 1 aliphatic rings. The average Bonchev–Trinajstić information content (AvgIpc) is 3.34. The Kier molecular flexibility index (Phi) is 5.25. The zero-order chi connectivity index (χ0) is 24.2. The van der Waals surface area contributed by atoms with Gasteiger partial charge in [-0.05, 0) is 18.2 Å². The highest BCUT2D eigenvalue weighted by Gasteiger charge is 2.44. The van der Waals surface area contributed by atoms with Crippen LogP contribution < -0.4 is 15.9 Å². The number of aliphatic hydroxyl groups excluding tert-OH is 2. The number of aromatic amines is 1. The highest BCUT2D eigenvalue weighted by molar-refractivity contribution is 7.89. The van der Waals surface area contributed by atoms with E-state index in [9.17, 15) is 27.8 Å². The average molecular weight is 492 g/mol. The van der Waals surface area contributed by atoms with Crippen molar-refractivity contribution in [3.8, 4) is 0 Å². The van der Waals surface area contributed by atoms with E-state index in [4.69, 9.17) is 10.5 Å². The van der Waals surface area contributed by atoms with Gasteiger partial charge in [0.1, 0.15) is 36.0 Å². The summed E-state index contributed by atoms with van der Waals surface area (Å²) in [5, 5.41) is 25.9. The number of nitrogens with one attached hydrogen (secondary N) is 2. The number of rotatable bonds is 5. The Labute approximate surface area is 189 Å². The van der Waals surface area contributed by atoms with Gasteiger partial charge in [-0.2, -0.15) is 5.10 Å². The van der Waals surface area contributed by atoms with Crippen LogP contribution in [0.5, 0.6) is 0 Å². The van der Waals surface area contributed by atoms with E-state index in [1.807, 2.05) is 0 Å². The van der Waals surface area contributed by atoms with Crippen LogP contribution in [0.4, 0.5) is 10.2 Å². The molecule has 4 heterocycles. The van der Waals surface area contributed by atoms with Crippen LogP contribution in [0.1, 0.15) is 6.23 Å². The summed E-state index contributed by atoms with van der Waals surface area (Å²) in [5.41, 5.74) is 5.35. The third-order valence-corrected chi connectivity index (χ3v) is 6.76. The molecule has 178 valence electrons. The van der Waals surface area contributed by atoms with E-state index in [0.717, 1.165) is 18.2 Å². The van der Waals surface area contributed by atoms with Gasteiger partial charge in [-0.25, -0.2) is 32.5 Å². The van der Waals surface area contributed by atoms with E-state index < -0.39 is 57.4 Å². The second-order valence-corrected chi connectivity index (χ2v) is 9.21. The van der Waals surface area contributed by atoms with Crippen molar-refractivity contribution >= 4 is 37.9 Å². The fourth-order valence-electron chi connectivity index (χ4n) is 3.71. The molecule has 1 saturated heterocycles. The van der Waals surface area contributed by atoms with E-state index in [0.29, 0.717) is 0 Å². The maximum atomic E-state index is 13.3. The van der Waals surface area contributed by atoms with Crippen LogP contribution in [-0.4, -0.2) is 73.2 Å². The van der Waals surface area contributed by atoms with Gasteiger partial charge in [0, 0.05) is 6.54 Å². The highest BCUT2D eigenvalue weighted by atomic mass is 32.2. The lowest BCUT2D eigenvalue weighted by Crippen LogP contribution is -2.41. The quantitative estimate of drug-likeness (QED) is 0.214. The third-order valence-electron chi connectivity index (χ3n) is 5.43. The Balaban J connectivity index is 1.37. The standard InChI is InChI=1S/C18H17FN8O6S/c19-7-1-2-8-9(3-7)25-26-17(12(8)28)34(31,32)24-4-10-13(29)14(30)18(33-10)27-6-23-11-15(20)21-5-22-16(11)27/h1-3,5-6,10,13-14,18,24,29-30H,4H2,(H,25,28)(H2,20,21,22)/t10-,13-,14-,18-/m1/s1. The van der Waals surface area contributed by atoms with Crippen LogP contribution in [-0.2, 0) is 14.8 Å². The third kappa shape index (κ3) is 3.57. The number of imidazole rings is 1. The van der Waals surface area contributed by atoms with Gasteiger partial charge in [-0.3, -0.25) is 14.5 Å². The molecule has 4 atom stereocenters.